The summed E-state index contributed by atoms with van der Waals surface area (Å²) in [4.78, 5) is 0. The lowest BCUT2D eigenvalue weighted by atomic mass is 9.76. The lowest BCUT2D eigenvalue weighted by Gasteiger charge is -2.32. The van der Waals surface area contributed by atoms with Crippen molar-refractivity contribution in [3.8, 4) is 0 Å². The van der Waals surface area contributed by atoms with Crippen molar-refractivity contribution in [2.24, 2.45) is 11.3 Å². The minimum Gasteiger partial charge on any atom is -0.377 e. The Morgan fingerprint density at radius 1 is 1.33 bits per heavy atom. The molecule has 1 aliphatic carbocycles. The topological polar surface area (TPSA) is 9.23 Å². The van der Waals surface area contributed by atoms with Gasteiger partial charge in [-0.15, -0.1) is 0 Å². The summed E-state index contributed by atoms with van der Waals surface area (Å²) in [6, 6.07) is 7.13. The van der Waals surface area contributed by atoms with Crippen molar-refractivity contribution in [3.63, 3.8) is 0 Å². The molecule has 1 heterocycles. The molecule has 0 spiro atoms. The van der Waals surface area contributed by atoms with Gasteiger partial charge in [0.25, 0.3) is 0 Å². The summed E-state index contributed by atoms with van der Waals surface area (Å²) in [5, 5.41) is 0.898. The summed E-state index contributed by atoms with van der Waals surface area (Å²) in [5.41, 5.74) is 0.914. The second-order valence-electron chi connectivity index (χ2n) is 5.64. The Morgan fingerprint density at radius 2 is 2.11 bits per heavy atom. The summed E-state index contributed by atoms with van der Waals surface area (Å²) >= 11 is 3.65. The molecule has 1 saturated carbocycles. The largest absolute Gasteiger partial charge is 0.377 e. The maximum atomic E-state index is 13.8. The van der Waals surface area contributed by atoms with Crippen LogP contribution >= 0.6 is 15.9 Å². The normalized spacial score (nSPS) is 31.8. The molecule has 1 aliphatic heterocycles. The number of halogens is 2. The van der Waals surface area contributed by atoms with Crippen LogP contribution in [-0.4, -0.2) is 18.0 Å². The Labute approximate surface area is 116 Å². The molecule has 1 nitrogen and oxygen atoms in total. The average Bonchev–Trinajstić information content (AvgIpc) is 3.14. The van der Waals surface area contributed by atoms with E-state index >= 15 is 0 Å². The van der Waals surface area contributed by atoms with Crippen LogP contribution in [0.1, 0.15) is 24.8 Å². The van der Waals surface area contributed by atoms with Crippen LogP contribution in [0, 0.1) is 17.2 Å². The minimum atomic E-state index is -0.0840. The molecule has 2 aliphatic rings. The van der Waals surface area contributed by atoms with E-state index in [0.29, 0.717) is 12.0 Å². The molecule has 2 atom stereocenters. The molecule has 18 heavy (non-hydrogen) atoms. The molecule has 0 N–H and O–H groups in total. The van der Waals surface area contributed by atoms with Gasteiger partial charge in [-0.3, -0.25) is 0 Å². The van der Waals surface area contributed by atoms with Crippen LogP contribution in [0.5, 0.6) is 0 Å². The van der Waals surface area contributed by atoms with Gasteiger partial charge in [-0.25, -0.2) is 4.39 Å². The highest BCUT2D eigenvalue weighted by Crippen LogP contribution is 2.50. The molecule has 1 saturated heterocycles. The molecule has 2 unspecified atom stereocenters. The molecule has 0 radical (unpaired) electrons. The first-order valence-corrected chi connectivity index (χ1v) is 7.78. The van der Waals surface area contributed by atoms with E-state index in [-0.39, 0.29) is 11.2 Å². The molecule has 1 aromatic rings. The summed E-state index contributed by atoms with van der Waals surface area (Å²) < 4.78 is 19.8. The lowest BCUT2D eigenvalue weighted by molar-refractivity contribution is 0.0410. The fourth-order valence-electron chi connectivity index (χ4n) is 3.14. The van der Waals surface area contributed by atoms with Crippen molar-refractivity contribution < 1.29 is 9.13 Å². The van der Waals surface area contributed by atoms with Gasteiger partial charge in [0.1, 0.15) is 5.82 Å². The third-order valence-corrected chi connectivity index (χ3v) is 5.43. The molecule has 1 aromatic carbocycles. The quantitative estimate of drug-likeness (QED) is 0.765. The lowest BCUT2D eigenvalue weighted by Crippen LogP contribution is -2.36. The summed E-state index contributed by atoms with van der Waals surface area (Å²) in [6.07, 6.45) is 4.68. The predicted molar refractivity (Wildman–Crippen MR) is 73.4 cm³/mol. The van der Waals surface area contributed by atoms with Gasteiger partial charge in [-0.1, -0.05) is 34.1 Å². The van der Waals surface area contributed by atoms with Crippen LogP contribution in [0.4, 0.5) is 4.39 Å². The fraction of sp³-hybridized carbons (Fsp3) is 0.600. The Morgan fingerprint density at radius 3 is 2.78 bits per heavy atom. The molecular weight excluding hydrogens is 295 g/mol. The standard InChI is InChI=1S/C15H18BrFO/c16-10-15(7-8-18-14(15)11-5-6-11)9-12-3-1-2-4-13(12)17/h1-4,11,14H,5-10H2. The molecule has 0 amide bonds. The third kappa shape index (κ3) is 2.23. The van der Waals surface area contributed by atoms with E-state index in [9.17, 15) is 4.39 Å². The zero-order valence-corrected chi connectivity index (χ0v) is 12.0. The second-order valence-corrected chi connectivity index (χ2v) is 6.20. The first-order chi connectivity index (χ1) is 8.75. The smallest absolute Gasteiger partial charge is 0.126 e. The van der Waals surface area contributed by atoms with Gasteiger partial charge in [0.15, 0.2) is 0 Å². The molecule has 3 rings (SSSR count). The molecule has 3 heteroatoms. The number of ether oxygens (including phenoxy) is 1. The molecule has 0 bridgehead atoms. The van der Waals surface area contributed by atoms with Crippen LogP contribution in [0.2, 0.25) is 0 Å². The highest BCUT2D eigenvalue weighted by Gasteiger charge is 2.50. The molecular formula is C15H18BrFO. The third-order valence-electron chi connectivity index (χ3n) is 4.32. The van der Waals surface area contributed by atoms with Gasteiger partial charge < -0.3 is 4.74 Å². The van der Waals surface area contributed by atoms with Gasteiger partial charge >= 0.3 is 0 Å². The SMILES string of the molecule is Fc1ccccc1CC1(CBr)CCOC1C1CC1. The van der Waals surface area contributed by atoms with E-state index in [1.54, 1.807) is 12.1 Å². The predicted octanol–water partition coefficient (Wildman–Crippen LogP) is 3.95. The van der Waals surface area contributed by atoms with E-state index in [0.717, 1.165) is 30.3 Å². The van der Waals surface area contributed by atoms with E-state index in [4.69, 9.17) is 4.74 Å². The van der Waals surface area contributed by atoms with E-state index in [2.05, 4.69) is 15.9 Å². The van der Waals surface area contributed by atoms with Crippen molar-refractivity contribution in [1.82, 2.24) is 0 Å². The van der Waals surface area contributed by atoms with Crippen molar-refractivity contribution in [3.05, 3.63) is 35.6 Å². The summed E-state index contributed by atoms with van der Waals surface area (Å²) in [6.45, 7) is 0.821. The van der Waals surface area contributed by atoms with Gasteiger partial charge in [0.05, 0.1) is 6.10 Å². The number of hydrogen-bond donors (Lipinski definition) is 0. The Bertz CT molecular complexity index is 432. The number of rotatable bonds is 4. The molecule has 2 fully saturated rings. The highest BCUT2D eigenvalue weighted by atomic mass is 79.9. The van der Waals surface area contributed by atoms with Crippen LogP contribution in [0.3, 0.4) is 0 Å². The van der Waals surface area contributed by atoms with Crippen molar-refractivity contribution >= 4 is 15.9 Å². The second kappa shape index (κ2) is 4.93. The zero-order chi connectivity index (χ0) is 12.6. The monoisotopic (exact) mass is 312 g/mol. The van der Waals surface area contributed by atoms with Gasteiger partial charge in [0.2, 0.25) is 0 Å². The Balaban J connectivity index is 1.85. The number of alkyl halides is 1. The van der Waals surface area contributed by atoms with Crippen LogP contribution in [0.15, 0.2) is 24.3 Å². The highest BCUT2D eigenvalue weighted by molar-refractivity contribution is 9.09. The maximum absolute atomic E-state index is 13.8. The maximum Gasteiger partial charge on any atom is 0.126 e. The molecule has 98 valence electrons. The van der Waals surface area contributed by atoms with E-state index < -0.39 is 0 Å². The van der Waals surface area contributed by atoms with Gasteiger partial charge in [0, 0.05) is 17.4 Å². The van der Waals surface area contributed by atoms with Crippen LogP contribution < -0.4 is 0 Å². The first kappa shape index (κ1) is 12.6. The average molecular weight is 313 g/mol. The number of benzene rings is 1. The zero-order valence-electron chi connectivity index (χ0n) is 10.4. The minimum absolute atomic E-state index is 0.0840. The van der Waals surface area contributed by atoms with Crippen LogP contribution in [-0.2, 0) is 11.2 Å². The Hall–Kier alpha value is -0.410. The number of hydrogen-bond acceptors (Lipinski definition) is 1. The summed E-state index contributed by atoms with van der Waals surface area (Å²) in [7, 11) is 0. The van der Waals surface area contributed by atoms with Crippen molar-refractivity contribution in [1.29, 1.82) is 0 Å². The van der Waals surface area contributed by atoms with E-state index in [1.165, 1.54) is 12.8 Å². The van der Waals surface area contributed by atoms with Crippen molar-refractivity contribution in [2.45, 2.75) is 31.8 Å². The Kier molecular flexibility index (Phi) is 3.46. The van der Waals surface area contributed by atoms with Gasteiger partial charge in [-0.05, 0) is 43.2 Å². The van der Waals surface area contributed by atoms with Crippen LogP contribution in [0.25, 0.3) is 0 Å². The fourth-order valence-corrected chi connectivity index (χ4v) is 3.94. The van der Waals surface area contributed by atoms with Crippen molar-refractivity contribution in [2.75, 3.05) is 11.9 Å². The van der Waals surface area contributed by atoms with E-state index in [1.807, 2.05) is 12.1 Å². The summed E-state index contributed by atoms with van der Waals surface area (Å²) in [5.74, 6) is 0.621. The van der Waals surface area contributed by atoms with Gasteiger partial charge in [-0.2, -0.15) is 0 Å². The first-order valence-electron chi connectivity index (χ1n) is 6.66. The molecule has 0 aromatic heterocycles.